The Morgan fingerprint density at radius 1 is 1.14 bits per heavy atom. The van der Waals surface area contributed by atoms with Gasteiger partial charge in [0.05, 0.1) is 24.9 Å². The molecule has 49 heavy (non-hydrogen) atoms. The fourth-order valence-electron chi connectivity index (χ4n) is 6.75. The molecule has 3 aliphatic heterocycles. The summed E-state index contributed by atoms with van der Waals surface area (Å²) >= 11 is 0. The summed E-state index contributed by atoms with van der Waals surface area (Å²) in [4.78, 5) is 70.9. The number of carbonyl (C=O) groups excluding carboxylic acids is 5. The Morgan fingerprint density at radius 3 is 2.57 bits per heavy atom. The smallest absolute Gasteiger partial charge is 0.410 e. The first-order valence-electron chi connectivity index (χ1n) is 16.6. The van der Waals surface area contributed by atoms with Crippen molar-refractivity contribution in [3.63, 3.8) is 0 Å². The molecule has 3 fully saturated rings. The summed E-state index contributed by atoms with van der Waals surface area (Å²) in [5.41, 5.74) is 0.467. The monoisotopic (exact) mass is 697 g/mol. The van der Waals surface area contributed by atoms with E-state index in [1.54, 1.807) is 25.7 Å². The standard InChI is InChI=1S/C34H43N5O9S/c1-5-22-16-34(22,30(42)37-49(45,46)24-12-13-24)36-28(40)26-15-23-18-39(26)29(41)27(33(2,3)4)35-31(43)47-14-7-6-9-20-10-8-11-21-17-38(19-25(20)21)32(44)48-23/h5-6,8-11,22-24,26-27H,1,7,12-19H2,2-4H3,(H,35,43)(H,36,40)(H,37,42)/t22-,23-,26+,27-,34-/m1/s1. The Morgan fingerprint density at radius 2 is 1.90 bits per heavy atom. The van der Waals surface area contributed by atoms with Gasteiger partial charge in [-0.2, -0.15) is 0 Å². The van der Waals surface area contributed by atoms with Crippen LogP contribution < -0.4 is 15.4 Å². The Bertz CT molecular complexity index is 1720. The topological polar surface area (TPSA) is 181 Å². The minimum absolute atomic E-state index is 0.0583. The Kier molecular flexibility index (Phi) is 9.01. The normalized spacial score (nSPS) is 28.8. The van der Waals surface area contributed by atoms with Gasteiger partial charge < -0.3 is 25.0 Å². The fourth-order valence-corrected chi connectivity index (χ4v) is 8.11. The van der Waals surface area contributed by atoms with Crippen molar-refractivity contribution in [3.05, 3.63) is 53.6 Å². The molecular formula is C34H43N5O9S. The summed E-state index contributed by atoms with van der Waals surface area (Å²) in [6, 6.07) is 3.44. The number of cyclic esters (lactones) is 1. The van der Waals surface area contributed by atoms with Crippen LogP contribution in [0.3, 0.4) is 0 Å². The molecule has 15 heteroatoms. The third-order valence-electron chi connectivity index (χ3n) is 9.83. The van der Waals surface area contributed by atoms with Gasteiger partial charge in [-0.15, -0.1) is 6.58 Å². The van der Waals surface area contributed by atoms with E-state index in [1.807, 2.05) is 30.4 Å². The van der Waals surface area contributed by atoms with Crippen LogP contribution in [0.4, 0.5) is 9.59 Å². The molecule has 5 aliphatic rings. The van der Waals surface area contributed by atoms with Crippen molar-refractivity contribution in [2.24, 2.45) is 11.3 Å². The molecule has 5 amide bonds. The number of benzene rings is 1. The largest absolute Gasteiger partial charge is 0.449 e. The van der Waals surface area contributed by atoms with Crippen molar-refractivity contribution >= 4 is 46.0 Å². The van der Waals surface area contributed by atoms with Gasteiger partial charge in [0.15, 0.2) is 0 Å². The number of ether oxygens (including phenoxy) is 2. The molecule has 6 rings (SSSR count). The number of hydrogen-bond donors (Lipinski definition) is 3. The molecule has 3 heterocycles. The first-order chi connectivity index (χ1) is 23.1. The van der Waals surface area contributed by atoms with Crippen LogP contribution in [-0.4, -0.2) is 90.3 Å². The van der Waals surface area contributed by atoms with Gasteiger partial charge in [0.2, 0.25) is 21.8 Å². The lowest BCUT2D eigenvalue weighted by Gasteiger charge is -2.35. The molecule has 0 unspecified atom stereocenters. The quantitative estimate of drug-likeness (QED) is 0.376. The number of hydrogen-bond acceptors (Lipinski definition) is 9. The summed E-state index contributed by atoms with van der Waals surface area (Å²) in [5, 5.41) is 4.74. The average Bonchev–Trinajstić information content (AvgIpc) is 3.92. The van der Waals surface area contributed by atoms with E-state index in [9.17, 15) is 32.4 Å². The molecule has 1 aromatic rings. The summed E-state index contributed by atoms with van der Waals surface area (Å²) in [6.07, 6.45) is 4.32. The first-order valence-corrected chi connectivity index (χ1v) is 18.1. The second-order valence-electron chi connectivity index (χ2n) is 14.5. The van der Waals surface area contributed by atoms with E-state index in [0.717, 1.165) is 16.7 Å². The van der Waals surface area contributed by atoms with Crippen LogP contribution in [0.25, 0.3) is 6.08 Å². The number of fused-ring (bicyclic) bond motifs is 3. The van der Waals surface area contributed by atoms with Crippen LogP contribution in [0.15, 0.2) is 36.9 Å². The third-order valence-corrected chi connectivity index (χ3v) is 11.7. The molecule has 264 valence electrons. The maximum atomic E-state index is 14.3. The molecule has 0 radical (unpaired) electrons. The van der Waals surface area contributed by atoms with Crippen molar-refractivity contribution in [1.29, 1.82) is 0 Å². The number of carbonyl (C=O) groups is 5. The molecule has 4 bridgehead atoms. The van der Waals surface area contributed by atoms with Crippen LogP contribution in [-0.2, 0) is 47.0 Å². The van der Waals surface area contributed by atoms with E-state index in [-0.39, 0.29) is 26.0 Å². The summed E-state index contributed by atoms with van der Waals surface area (Å²) < 4.78 is 38.6. The number of sulfonamides is 1. The molecule has 5 atom stereocenters. The van der Waals surface area contributed by atoms with Crippen molar-refractivity contribution < 1.29 is 41.9 Å². The summed E-state index contributed by atoms with van der Waals surface area (Å²) in [7, 11) is -3.90. The van der Waals surface area contributed by atoms with Gasteiger partial charge in [0, 0.05) is 18.9 Å². The SMILES string of the molecule is C=C[C@@H]1C[C@]1(NC(=O)[C@@H]1C[C@@H]2CN1C(=O)[C@H](C(C)(C)C)NC(=O)OCCC=Cc1cccc3c1CN(C3)C(=O)O2)C(=O)NS(=O)(=O)C1CC1. The number of nitrogens with one attached hydrogen (secondary N) is 3. The van der Waals surface area contributed by atoms with Crippen molar-refractivity contribution in [3.8, 4) is 0 Å². The molecule has 2 aliphatic carbocycles. The summed E-state index contributed by atoms with van der Waals surface area (Å²) in [5.74, 6) is -2.73. The predicted molar refractivity (Wildman–Crippen MR) is 177 cm³/mol. The molecule has 0 aromatic heterocycles. The maximum Gasteiger partial charge on any atom is 0.410 e. The first kappa shape index (κ1) is 34.5. The lowest BCUT2D eigenvalue weighted by molar-refractivity contribution is -0.142. The van der Waals surface area contributed by atoms with E-state index in [4.69, 9.17) is 9.47 Å². The molecule has 14 nitrogen and oxygen atoms in total. The van der Waals surface area contributed by atoms with Crippen LogP contribution in [0.5, 0.6) is 0 Å². The van der Waals surface area contributed by atoms with Gasteiger partial charge in [-0.3, -0.25) is 24.0 Å². The average molecular weight is 698 g/mol. The Labute approximate surface area is 285 Å². The highest BCUT2D eigenvalue weighted by Gasteiger charge is 2.62. The highest BCUT2D eigenvalue weighted by molar-refractivity contribution is 7.91. The van der Waals surface area contributed by atoms with Gasteiger partial charge in [-0.25, -0.2) is 18.0 Å². The van der Waals surface area contributed by atoms with Crippen LogP contribution >= 0.6 is 0 Å². The lowest BCUT2D eigenvalue weighted by atomic mass is 9.85. The zero-order valence-electron chi connectivity index (χ0n) is 27.9. The number of alkyl carbamates (subject to hydrolysis) is 1. The number of amides is 5. The minimum atomic E-state index is -3.90. The molecular weight excluding hydrogens is 654 g/mol. The van der Waals surface area contributed by atoms with E-state index in [0.29, 0.717) is 32.4 Å². The maximum absolute atomic E-state index is 14.3. The van der Waals surface area contributed by atoms with Crippen LogP contribution in [0.1, 0.15) is 69.6 Å². The van der Waals surface area contributed by atoms with Gasteiger partial charge in [-0.05, 0) is 47.8 Å². The molecule has 3 N–H and O–H groups in total. The zero-order valence-corrected chi connectivity index (χ0v) is 28.7. The molecule has 0 spiro atoms. The van der Waals surface area contributed by atoms with Gasteiger partial charge in [0.1, 0.15) is 23.7 Å². The lowest BCUT2D eigenvalue weighted by Crippen LogP contribution is -2.60. The number of nitrogens with zero attached hydrogens (tertiary/aromatic N) is 2. The summed E-state index contributed by atoms with van der Waals surface area (Å²) in [6.45, 7) is 9.54. The molecule has 2 saturated carbocycles. The predicted octanol–water partition coefficient (Wildman–Crippen LogP) is 2.34. The van der Waals surface area contributed by atoms with E-state index in [2.05, 4.69) is 21.9 Å². The second kappa shape index (κ2) is 12.8. The Balaban J connectivity index is 1.28. The number of rotatable bonds is 6. The van der Waals surface area contributed by atoms with Crippen LogP contribution in [0, 0.1) is 11.3 Å². The van der Waals surface area contributed by atoms with E-state index >= 15 is 0 Å². The highest BCUT2D eigenvalue weighted by atomic mass is 32.2. The van der Waals surface area contributed by atoms with Gasteiger partial charge in [0.25, 0.3) is 5.91 Å². The van der Waals surface area contributed by atoms with Crippen molar-refractivity contribution in [2.45, 2.75) is 94.9 Å². The Hall–Kier alpha value is -4.40. The van der Waals surface area contributed by atoms with E-state index in [1.165, 1.54) is 11.0 Å². The highest BCUT2D eigenvalue weighted by Crippen LogP contribution is 2.45. The van der Waals surface area contributed by atoms with Gasteiger partial charge in [-0.1, -0.05) is 57.2 Å². The van der Waals surface area contributed by atoms with Crippen molar-refractivity contribution in [2.75, 3.05) is 13.2 Å². The minimum Gasteiger partial charge on any atom is -0.449 e. The van der Waals surface area contributed by atoms with E-state index < -0.39 is 80.2 Å². The second-order valence-corrected chi connectivity index (χ2v) is 16.5. The molecule has 1 saturated heterocycles. The molecule has 1 aromatic carbocycles. The zero-order chi connectivity index (χ0) is 35.3. The van der Waals surface area contributed by atoms with Crippen molar-refractivity contribution in [1.82, 2.24) is 25.2 Å². The third kappa shape index (κ3) is 7.03. The van der Waals surface area contributed by atoms with Crippen LogP contribution in [0.2, 0.25) is 0 Å². The fraction of sp³-hybridized carbons (Fsp3) is 0.559. The van der Waals surface area contributed by atoms with Gasteiger partial charge >= 0.3 is 12.2 Å².